The van der Waals surface area contributed by atoms with Crippen LogP contribution in [0, 0.1) is 0 Å². The standard InChI is InChI=1S/C46H34N2O/c1-31-19-26-42(37-15-9-27-47-30-37)46-44(31)45-41(17-8-18-43(45)49-46)36-14-7-16-39(29-36)48(40-25-22-33-12-5-6-13-35(33)28-40)38-23-20-34(21-24-38)32-10-3-2-4-11-32/h2-18,20-31H,19H2,1H3. The Hall–Kier alpha value is -6.19. The van der Waals surface area contributed by atoms with Crippen LogP contribution in [0.5, 0.6) is 0 Å². The Kier molecular flexibility index (Phi) is 7.17. The summed E-state index contributed by atoms with van der Waals surface area (Å²) < 4.78 is 6.69. The molecule has 0 radical (unpaired) electrons. The number of allylic oxidation sites excluding steroid dienone is 1. The van der Waals surface area contributed by atoms with Gasteiger partial charge in [0.05, 0.1) is 0 Å². The van der Waals surface area contributed by atoms with Crippen LogP contribution in [-0.4, -0.2) is 4.98 Å². The molecule has 0 aliphatic heterocycles. The molecule has 234 valence electrons. The summed E-state index contributed by atoms with van der Waals surface area (Å²) in [4.78, 5) is 6.76. The lowest BCUT2D eigenvalue weighted by atomic mass is 9.83. The molecule has 1 aliphatic rings. The Bertz CT molecular complexity index is 2480. The molecule has 0 amide bonds. The van der Waals surface area contributed by atoms with Crippen LogP contribution in [0.3, 0.4) is 0 Å². The summed E-state index contributed by atoms with van der Waals surface area (Å²) in [6.07, 6.45) is 7.00. The molecule has 3 nitrogen and oxygen atoms in total. The summed E-state index contributed by atoms with van der Waals surface area (Å²) in [7, 11) is 0. The average Bonchev–Trinajstić information content (AvgIpc) is 3.57. The minimum absolute atomic E-state index is 0.332. The maximum absolute atomic E-state index is 6.69. The molecule has 0 bridgehead atoms. The number of nitrogens with zero attached hydrogens (tertiary/aromatic N) is 2. The van der Waals surface area contributed by atoms with E-state index in [0.29, 0.717) is 5.92 Å². The summed E-state index contributed by atoms with van der Waals surface area (Å²) in [5.41, 5.74) is 12.5. The molecule has 2 aromatic heterocycles. The third kappa shape index (κ3) is 5.21. The summed E-state index contributed by atoms with van der Waals surface area (Å²) in [6, 6.07) is 54.2. The van der Waals surface area contributed by atoms with Gasteiger partial charge in [0.15, 0.2) is 0 Å². The molecule has 0 N–H and O–H groups in total. The second-order valence-electron chi connectivity index (χ2n) is 12.8. The van der Waals surface area contributed by atoms with Crippen molar-refractivity contribution in [3.05, 3.63) is 187 Å². The van der Waals surface area contributed by atoms with Crippen LogP contribution < -0.4 is 4.90 Å². The SMILES string of the molecule is CC1CC=C(c2cccnc2)c2oc3cccc(-c4cccc(N(c5ccc(-c6ccccc6)cc5)c5ccc6ccccc6c5)c4)c3c21. The van der Waals surface area contributed by atoms with E-state index in [2.05, 4.69) is 168 Å². The lowest BCUT2D eigenvalue weighted by Crippen LogP contribution is -2.10. The number of hydrogen-bond donors (Lipinski definition) is 0. The lowest BCUT2D eigenvalue weighted by Gasteiger charge is -2.27. The fourth-order valence-electron chi connectivity index (χ4n) is 7.37. The van der Waals surface area contributed by atoms with E-state index < -0.39 is 0 Å². The van der Waals surface area contributed by atoms with Crippen LogP contribution in [-0.2, 0) is 0 Å². The van der Waals surface area contributed by atoms with Gasteiger partial charge in [-0.25, -0.2) is 0 Å². The largest absolute Gasteiger partial charge is 0.456 e. The molecule has 0 spiro atoms. The van der Waals surface area contributed by atoms with Gasteiger partial charge < -0.3 is 9.32 Å². The van der Waals surface area contributed by atoms with E-state index in [-0.39, 0.29) is 0 Å². The number of aromatic nitrogens is 1. The van der Waals surface area contributed by atoms with Crippen LogP contribution in [0.25, 0.3) is 49.6 Å². The molecule has 0 saturated carbocycles. The van der Waals surface area contributed by atoms with Gasteiger partial charge in [0, 0.05) is 51.5 Å². The highest BCUT2D eigenvalue weighted by Gasteiger charge is 2.28. The van der Waals surface area contributed by atoms with E-state index in [1.54, 1.807) is 0 Å². The van der Waals surface area contributed by atoms with Crippen molar-refractivity contribution in [2.75, 3.05) is 4.90 Å². The summed E-state index contributed by atoms with van der Waals surface area (Å²) >= 11 is 0. The molecule has 1 aliphatic carbocycles. The number of fused-ring (bicyclic) bond motifs is 4. The molecular formula is C46H34N2O. The first-order valence-electron chi connectivity index (χ1n) is 16.9. The molecule has 3 heteroatoms. The Labute approximate surface area is 286 Å². The van der Waals surface area contributed by atoms with E-state index in [9.17, 15) is 0 Å². The van der Waals surface area contributed by atoms with Crippen LogP contribution in [0.15, 0.2) is 175 Å². The molecule has 2 heterocycles. The number of rotatable bonds is 6. The van der Waals surface area contributed by atoms with E-state index >= 15 is 0 Å². The van der Waals surface area contributed by atoms with Gasteiger partial charge in [0.2, 0.25) is 0 Å². The second-order valence-corrected chi connectivity index (χ2v) is 12.8. The Balaban J connectivity index is 1.19. The highest BCUT2D eigenvalue weighted by atomic mass is 16.3. The lowest BCUT2D eigenvalue weighted by molar-refractivity contribution is 0.581. The fraction of sp³-hybridized carbons (Fsp3) is 0.0652. The van der Waals surface area contributed by atoms with E-state index in [1.807, 2.05) is 18.5 Å². The minimum Gasteiger partial charge on any atom is -0.456 e. The van der Waals surface area contributed by atoms with Crippen LogP contribution in [0.4, 0.5) is 17.1 Å². The second kappa shape index (κ2) is 12.1. The van der Waals surface area contributed by atoms with Crippen molar-refractivity contribution in [1.82, 2.24) is 4.98 Å². The van der Waals surface area contributed by atoms with Gasteiger partial charge in [-0.1, -0.05) is 116 Å². The van der Waals surface area contributed by atoms with E-state index in [0.717, 1.165) is 51.5 Å². The third-order valence-electron chi connectivity index (χ3n) is 9.78. The molecule has 1 atom stereocenters. The van der Waals surface area contributed by atoms with Crippen molar-refractivity contribution in [3.8, 4) is 22.3 Å². The smallest absolute Gasteiger partial charge is 0.139 e. The number of hydrogen-bond acceptors (Lipinski definition) is 3. The highest BCUT2D eigenvalue weighted by molar-refractivity contribution is 6.02. The molecule has 1 unspecified atom stereocenters. The van der Waals surface area contributed by atoms with E-state index in [1.165, 1.54) is 38.4 Å². The molecule has 0 fully saturated rings. The van der Waals surface area contributed by atoms with Crippen molar-refractivity contribution in [2.24, 2.45) is 0 Å². The minimum atomic E-state index is 0.332. The first-order valence-corrected chi connectivity index (χ1v) is 16.9. The zero-order chi connectivity index (χ0) is 32.7. The van der Waals surface area contributed by atoms with Gasteiger partial charge in [-0.3, -0.25) is 4.98 Å². The molecule has 0 saturated heterocycles. The number of furan rings is 1. The van der Waals surface area contributed by atoms with Crippen molar-refractivity contribution < 1.29 is 4.42 Å². The van der Waals surface area contributed by atoms with Gasteiger partial charge in [0.25, 0.3) is 0 Å². The predicted molar refractivity (Wildman–Crippen MR) is 204 cm³/mol. The maximum Gasteiger partial charge on any atom is 0.139 e. The first kappa shape index (κ1) is 29.0. The molecular weight excluding hydrogens is 597 g/mol. The van der Waals surface area contributed by atoms with Crippen molar-refractivity contribution in [2.45, 2.75) is 19.3 Å². The van der Waals surface area contributed by atoms with Gasteiger partial charge >= 0.3 is 0 Å². The van der Waals surface area contributed by atoms with Crippen molar-refractivity contribution in [1.29, 1.82) is 0 Å². The summed E-state index contributed by atoms with van der Waals surface area (Å²) in [5, 5.41) is 3.63. The summed E-state index contributed by atoms with van der Waals surface area (Å²) in [6.45, 7) is 2.30. The third-order valence-corrected chi connectivity index (χ3v) is 9.78. The fourth-order valence-corrected chi connectivity index (χ4v) is 7.37. The Morgan fingerprint density at radius 1 is 0.592 bits per heavy atom. The molecule has 8 aromatic rings. The van der Waals surface area contributed by atoms with Crippen LogP contribution in [0.1, 0.15) is 36.1 Å². The first-order chi connectivity index (χ1) is 24.2. The van der Waals surface area contributed by atoms with Gasteiger partial charge in [-0.15, -0.1) is 0 Å². The van der Waals surface area contributed by atoms with Crippen molar-refractivity contribution in [3.63, 3.8) is 0 Å². The summed E-state index contributed by atoms with van der Waals surface area (Å²) in [5.74, 6) is 1.29. The topological polar surface area (TPSA) is 29.3 Å². The van der Waals surface area contributed by atoms with Gasteiger partial charge in [0.1, 0.15) is 11.3 Å². The maximum atomic E-state index is 6.69. The van der Waals surface area contributed by atoms with Gasteiger partial charge in [-0.2, -0.15) is 0 Å². The van der Waals surface area contributed by atoms with Gasteiger partial charge in [-0.05, 0) is 93.9 Å². The molecule has 49 heavy (non-hydrogen) atoms. The normalized spacial score (nSPS) is 14.1. The predicted octanol–water partition coefficient (Wildman–Crippen LogP) is 12.7. The molecule has 6 aromatic carbocycles. The number of anilines is 3. The average molecular weight is 631 g/mol. The number of pyridine rings is 1. The van der Waals surface area contributed by atoms with E-state index in [4.69, 9.17) is 4.42 Å². The molecule has 9 rings (SSSR count). The quantitative estimate of drug-likeness (QED) is 0.183. The Morgan fingerprint density at radius 3 is 2.14 bits per heavy atom. The zero-order valence-corrected chi connectivity index (χ0v) is 27.3. The van der Waals surface area contributed by atoms with Crippen LogP contribution >= 0.6 is 0 Å². The zero-order valence-electron chi connectivity index (χ0n) is 27.3. The van der Waals surface area contributed by atoms with Crippen LogP contribution in [0.2, 0.25) is 0 Å². The number of benzene rings is 6. The monoisotopic (exact) mass is 630 g/mol. The Morgan fingerprint density at radius 2 is 1.31 bits per heavy atom. The highest BCUT2D eigenvalue weighted by Crippen LogP contribution is 2.47. The van der Waals surface area contributed by atoms with Crippen molar-refractivity contribution >= 4 is 44.4 Å².